The first-order valence-corrected chi connectivity index (χ1v) is 6.67. The van der Waals surface area contributed by atoms with E-state index in [2.05, 4.69) is 10.3 Å². The number of carbonyl (C=O) groups is 1. The standard InChI is InChI=1S/C13H19N3O4/c1-8(2)12(18)14-10-5-6-16(13(19)15-10)11-4-3-9(7-17)20-11/h5-6,8-9,11,17H,3-4,7H2,1-2H3,(H,14,15,18,19)/t9-,11+/m0/s1. The first-order chi connectivity index (χ1) is 9.51. The van der Waals surface area contributed by atoms with Crippen LogP contribution in [0.25, 0.3) is 0 Å². The molecule has 0 aliphatic carbocycles. The zero-order valence-electron chi connectivity index (χ0n) is 11.6. The first kappa shape index (κ1) is 14.7. The van der Waals surface area contributed by atoms with Crippen LogP contribution in [0.5, 0.6) is 0 Å². The molecule has 2 atom stereocenters. The Labute approximate surface area is 116 Å². The van der Waals surface area contributed by atoms with Gasteiger partial charge in [0.2, 0.25) is 5.91 Å². The molecular formula is C13H19N3O4. The van der Waals surface area contributed by atoms with Crippen LogP contribution in [-0.4, -0.2) is 33.3 Å². The Morgan fingerprint density at radius 3 is 2.90 bits per heavy atom. The highest BCUT2D eigenvalue weighted by molar-refractivity contribution is 5.90. The van der Waals surface area contributed by atoms with E-state index < -0.39 is 11.9 Å². The lowest BCUT2D eigenvalue weighted by Gasteiger charge is -2.15. The molecule has 0 radical (unpaired) electrons. The molecule has 0 aromatic carbocycles. The lowest BCUT2D eigenvalue weighted by Crippen LogP contribution is -2.29. The minimum absolute atomic E-state index is 0.0544. The molecule has 1 amide bonds. The van der Waals surface area contributed by atoms with Crippen LogP contribution in [0.15, 0.2) is 17.1 Å². The summed E-state index contributed by atoms with van der Waals surface area (Å²) in [5, 5.41) is 11.6. The number of carbonyl (C=O) groups excluding carboxylic acids is 1. The summed E-state index contributed by atoms with van der Waals surface area (Å²) >= 11 is 0. The summed E-state index contributed by atoms with van der Waals surface area (Å²) in [4.78, 5) is 27.3. The number of ether oxygens (including phenoxy) is 1. The van der Waals surface area contributed by atoms with E-state index in [1.165, 1.54) is 4.57 Å². The summed E-state index contributed by atoms with van der Waals surface area (Å²) in [6.45, 7) is 3.47. The Kier molecular flexibility index (Phi) is 4.51. The van der Waals surface area contributed by atoms with Crippen LogP contribution in [0.3, 0.4) is 0 Å². The van der Waals surface area contributed by atoms with Crippen molar-refractivity contribution in [2.45, 2.75) is 39.0 Å². The van der Waals surface area contributed by atoms with Crippen molar-refractivity contribution in [2.75, 3.05) is 11.9 Å². The summed E-state index contributed by atoms with van der Waals surface area (Å²) in [5.74, 6) is -0.128. The number of nitrogens with zero attached hydrogens (tertiary/aromatic N) is 2. The molecule has 2 heterocycles. The van der Waals surface area contributed by atoms with Crippen molar-refractivity contribution in [2.24, 2.45) is 5.92 Å². The number of nitrogens with one attached hydrogen (secondary N) is 1. The number of anilines is 1. The van der Waals surface area contributed by atoms with Crippen molar-refractivity contribution in [1.29, 1.82) is 0 Å². The van der Waals surface area contributed by atoms with Crippen molar-refractivity contribution < 1.29 is 14.6 Å². The predicted molar refractivity (Wildman–Crippen MR) is 72.2 cm³/mol. The first-order valence-electron chi connectivity index (χ1n) is 6.67. The molecule has 2 N–H and O–H groups in total. The number of hydrogen-bond acceptors (Lipinski definition) is 5. The number of aliphatic hydroxyl groups is 1. The van der Waals surface area contributed by atoms with Gasteiger partial charge in [0.05, 0.1) is 12.7 Å². The molecule has 110 valence electrons. The third-order valence-electron chi connectivity index (χ3n) is 3.20. The zero-order chi connectivity index (χ0) is 14.7. The highest BCUT2D eigenvalue weighted by atomic mass is 16.5. The van der Waals surface area contributed by atoms with Crippen LogP contribution in [0.4, 0.5) is 5.82 Å². The Hall–Kier alpha value is -1.73. The minimum Gasteiger partial charge on any atom is -0.394 e. The molecule has 0 unspecified atom stereocenters. The second-order valence-electron chi connectivity index (χ2n) is 5.12. The van der Waals surface area contributed by atoms with E-state index in [1.807, 2.05) is 0 Å². The van der Waals surface area contributed by atoms with Gasteiger partial charge in [0, 0.05) is 12.1 Å². The molecule has 2 rings (SSSR count). The predicted octanol–water partition coefficient (Wildman–Crippen LogP) is 0.508. The fourth-order valence-electron chi connectivity index (χ4n) is 2.00. The van der Waals surface area contributed by atoms with Gasteiger partial charge in [-0.15, -0.1) is 0 Å². The molecule has 1 aliphatic heterocycles. The normalized spacial score (nSPS) is 22.2. The number of aliphatic hydroxyl groups excluding tert-OH is 1. The van der Waals surface area contributed by atoms with Gasteiger partial charge in [-0.05, 0) is 18.9 Å². The SMILES string of the molecule is CC(C)C(=O)Nc1ccn([C@H]2CC[C@@H](CO)O2)c(=O)n1. The van der Waals surface area contributed by atoms with Gasteiger partial charge in [-0.25, -0.2) is 4.79 Å². The second-order valence-corrected chi connectivity index (χ2v) is 5.12. The van der Waals surface area contributed by atoms with Gasteiger partial charge in [0.15, 0.2) is 0 Å². The van der Waals surface area contributed by atoms with E-state index in [0.29, 0.717) is 12.8 Å². The van der Waals surface area contributed by atoms with Crippen LogP contribution in [-0.2, 0) is 9.53 Å². The number of hydrogen-bond donors (Lipinski definition) is 2. The van der Waals surface area contributed by atoms with Gasteiger partial charge >= 0.3 is 5.69 Å². The quantitative estimate of drug-likeness (QED) is 0.838. The average molecular weight is 281 g/mol. The van der Waals surface area contributed by atoms with Crippen molar-refractivity contribution in [3.05, 3.63) is 22.7 Å². The molecule has 1 aliphatic rings. The van der Waals surface area contributed by atoms with Gasteiger partial charge in [0.25, 0.3) is 0 Å². The molecular weight excluding hydrogens is 262 g/mol. The number of rotatable bonds is 4. The molecule has 7 heteroatoms. The minimum atomic E-state index is -0.477. The topological polar surface area (TPSA) is 93.5 Å². The van der Waals surface area contributed by atoms with Crippen LogP contribution < -0.4 is 11.0 Å². The third kappa shape index (κ3) is 3.23. The van der Waals surface area contributed by atoms with Gasteiger partial charge in [0.1, 0.15) is 12.0 Å². The average Bonchev–Trinajstić information content (AvgIpc) is 2.87. The van der Waals surface area contributed by atoms with E-state index in [4.69, 9.17) is 9.84 Å². The lowest BCUT2D eigenvalue weighted by atomic mass is 10.2. The van der Waals surface area contributed by atoms with Crippen molar-refractivity contribution >= 4 is 11.7 Å². The molecule has 7 nitrogen and oxygen atoms in total. The summed E-state index contributed by atoms with van der Waals surface area (Å²) in [7, 11) is 0. The number of amides is 1. The highest BCUT2D eigenvalue weighted by Gasteiger charge is 2.26. The maximum atomic E-state index is 11.9. The zero-order valence-corrected chi connectivity index (χ0v) is 11.6. The maximum Gasteiger partial charge on any atom is 0.351 e. The van der Waals surface area contributed by atoms with Crippen LogP contribution in [0.2, 0.25) is 0 Å². The largest absolute Gasteiger partial charge is 0.394 e. The van der Waals surface area contributed by atoms with Crippen molar-refractivity contribution in [1.82, 2.24) is 9.55 Å². The van der Waals surface area contributed by atoms with Crippen LogP contribution >= 0.6 is 0 Å². The molecule has 1 fully saturated rings. The van der Waals surface area contributed by atoms with Crippen molar-refractivity contribution in [3.8, 4) is 0 Å². The Bertz CT molecular complexity index is 541. The van der Waals surface area contributed by atoms with E-state index in [-0.39, 0.29) is 30.4 Å². The monoisotopic (exact) mass is 281 g/mol. The molecule has 0 bridgehead atoms. The van der Waals surface area contributed by atoms with Gasteiger partial charge in [-0.2, -0.15) is 4.98 Å². The summed E-state index contributed by atoms with van der Waals surface area (Å²) < 4.78 is 6.90. The molecule has 0 saturated carbocycles. The van der Waals surface area contributed by atoms with E-state index in [0.717, 1.165) is 0 Å². The molecule has 0 spiro atoms. The second kappa shape index (κ2) is 6.15. The Balaban J connectivity index is 2.11. The molecule has 1 saturated heterocycles. The van der Waals surface area contributed by atoms with Gasteiger partial charge in [-0.3, -0.25) is 9.36 Å². The van der Waals surface area contributed by atoms with Crippen LogP contribution in [0.1, 0.15) is 32.9 Å². The smallest absolute Gasteiger partial charge is 0.351 e. The lowest BCUT2D eigenvalue weighted by molar-refractivity contribution is -0.118. The fourth-order valence-corrected chi connectivity index (χ4v) is 2.00. The Morgan fingerprint density at radius 1 is 1.60 bits per heavy atom. The highest BCUT2D eigenvalue weighted by Crippen LogP contribution is 2.26. The van der Waals surface area contributed by atoms with E-state index >= 15 is 0 Å². The van der Waals surface area contributed by atoms with E-state index in [1.54, 1.807) is 26.1 Å². The summed E-state index contributed by atoms with van der Waals surface area (Å²) in [6, 6.07) is 1.57. The summed E-state index contributed by atoms with van der Waals surface area (Å²) in [5.41, 5.74) is -0.477. The van der Waals surface area contributed by atoms with Gasteiger partial charge < -0.3 is 15.2 Å². The maximum absolute atomic E-state index is 11.9. The molecule has 1 aromatic heterocycles. The Morgan fingerprint density at radius 2 is 2.35 bits per heavy atom. The molecule has 20 heavy (non-hydrogen) atoms. The molecule has 1 aromatic rings. The van der Waals surface area contributed by atoms with E-state index in [9.17, 15) is 9.59 Å². The fraction of sp³-hybridized carbons (Fsp3) is 0.615. The third-order valence-corrected chi connectivity index (χ3v) is 3.20. The van der Waals surface area contributed by atoms with Crippen LogP contribution in [0, 0.1) is 5.92 Å². The van der Waals surface area contributed by atoms with Crippen molar-refractivity contribution in [3.63, 3.8) is 0 Å². The number of aromatic nitrogens is 2. The van der Waals surface area contributed by atoms with Gasteiger partial charge in [-0.1, -0.05) is 13.8 Å². The summed E-state index contributed by atoms with van der Waals surface area (Å²) in [6.07, 6.45) is 2.29.